The Bertz CT molecular complexity index is 273. The molecule has 1 unspecified atom stereocenters. The van der Waals surface area contributed by atoms with E-state index in [1.807, 2.05) is 0 Å². The van der Waals surface area contributed by atoms with E-state index in [9.17, 15) is 4.39 Å². The second kappa shape index (κ2) is 5.63. The fourth-order valence-corrected chi connectivity index (χ4v) is 1.37. The van der Waals surface area contributed by atoms with Crippen molar-refractivity contribution in [2.75, 3.05) is 6.61 Å². The summed E-state index contributed by atoms with van der Waals surface area (Å²) in [6.45, 7) is 4.85. The van der Waals surface area contributed by atoms with Crippen LogP contribution in [0.15, 0.2) is 24.3 Å². The van der Waals surface area contributed by atoms with Gasteiger partial charge in [0.2, 0.25) is 0 Å². The molecule has 2 heteroatoms. The maximum atomic E-state index is 13.1. The average Bonchev–Trinajstić information content (AvgIpc) is 2.17. The molecular weight excluding hydrogens is 179 g/mol. The van der Waals surface area contributed by atoms with Crippen LogP contribution in [0.25, 0.3) is 0 Å². The molecule has 14 heavy (non-hydrogen) atoms. The van der Waals surface area contributed by atoms with Gasteiger partial charge in [0.05, 0.1) is 6.61 Å². The van der Waals surface area contributed by atoms with Gasteiger partial charge in [0, 0.05) is 0 Å². The highest BCUT2D eigenvalue weighted by Crippen LogP contribution is 2.17. The SMILES string of the molecule is CCCC(C)COc1ccccc1F. The molecule has 0 aliphatic rings. The number of benzene rings is 1. The number of hydrogen-bond acceptors (Lipinski definition) is 1. The van der Waals surface area contributed by atoms with Gasteiger partial charge < -0.3 is 4.74 Å². The van der Waals surface area contributed by atoms with Gasteiger partial charge in [-0.2, -0.15) is 0 Å². The zero-order valence-electron chi connectivity index (χ0n) is 8.79. The van der Waals surface area contributed by atoms with E-state index < -0.39 is 0 Å². The van der Waals surface area contributed by atoms with E-state index in [-0.39, 0.29) is 5.82 Å². The van der Waals surface area contributed by atoms with Crippen molar-refractivity contribution in [1.82, 2.24) is 0 Å². The first-order valence-corrected chi connectivity index (χ1v) is 5.11. The molecule has 1 rings (SSSR count). The first-order valence-electron chi connectivity index (χ1n) is 5.11. The number of hydrogen-bond donors (Lipinski definition) is 0. The van der Waals surface area contributed by atoms with Gasteiger partial charge in [-0.15, -0.1) is 0 Å². The van der Waals surface area contributed by atoms with Crippen molar-refractivity contribution in [3.8, 4) is 5.75 Å². The van der Waals surface area contributed by atoms with Crippen molar-refractivity contribution < 1.29 is 9.13 Å². The van der Waals surface area contributed by atoms with Crippen molar-refractivity contribution in [2.24, 2.45) is 5.92 Å². The van der Waals surface area contributed by atoms with Crippen LogP contribution in [-0.2, 0) is 0 Å². The lowest BCUT2D eigenvalue weighted by molar-refractivity contribution is 0.241. The maximum Gasteiger partial charge on any atom is 0.165 e. The molecule has 0 N–H and O–H groups in total. The molecule has 1 nitrogen and oxygen atoms in total. The van der Waals surface area contributed by atoms with Gasteiger partial charge in [0.15, 0.2) is 11.6 Å². The first kappa shape index (κ1) is 11.0. The molecule has 0 aliphatic carbocycles. The third kappa shape index (κ3) is 3.36. The number of halogens is 1. The summed E-state index contributed by atoms with van der Waals surface area (Å²) in [6, 6.07) is 6.52. The van der Waals surface area contributed by atoms with E-state index >= 15 is 0 Å². The van der Waals surface area contributed by atoms with E-state index in [1.165, 1.54) is 6.07 Å². The van der Waals surface area contributed by atoms with Crippen LogP contribution in [0.4, 0.5) is 4.39 Å². The number of para-hydroxylation sites is 1. The summed E-state index contributed by atoms with van der Waals surface area (Å²) >= 11 is 0. The van der Waals surface area contributed by atoms with E-state index in [2.05, 4.69) is 13.8 Å². The molecule has 0 fully saturated rings. The maximum absolute atomic E-state index is 13.1. The molecular formula is C12H17FO. The highest BCUT2D eigenvalue weighted by Gasteiger charge is 2.04. The third-order valence-corrected chi connectivity index (χ3v) is 2.14. The minimum absolute atomic E-state index is 0.281. The summed E-state index contributed by atoms with van der Waals surface area (Å²) in [5.74, 6) is 0.561. The predicted molar refractivity (Wildman–Crippen MR) is 56.0 cm³/mol. The van der Waals surface area contributed by atoms with Crippen LogP contribution >= 0.6 is 0 Å². The predicted octanol–water partition coefficient (Wildman–Crippen LogP) is 3.64. The van der Waals surface area contributed by atoms with Gasteiger partial charge in [-0.25, -0.2) is 4.39 Å². The molecule has 0 aliphatic heterocycles. The van der Waals surface area contributed by atoms with Crippen molar-refractivity contribution in [1.29, 1.82) is 0 Å². The standard InChI is InChI=1S/C12H17FO/c1-3-6-10(2)9-14-12-8-5-4-7-11(12)13/h4-5,7-8,10H,3,6,9H2,1-2H3. The second-order valence-corrected chi connectivity index (χ2v) is 3.64. The van der Waals surface area contributed by atoms with Crippen LogP contribution < -0.4 is 4.74 Å². The molecule has 0 radical (unpaired) electrons. The summed E-state index contributed by atoms with van der Waals surface area (Å²) in [5.41, 5.74) is 0. The quantitative estimate of drug-likeness (QED) is 0.698. The Kier molecular flexibility index (Phi) is 4.44. The highest BCUT2D eigenvalue weighted by atomic mass is 19.1. The molecule has 0 saturated carbocycles. The molecule has 0 spiro atoms. The van der Waals surface area contributed by atoms with E-state index in [1.54, 1.807) is 18.2 Å². The fourth-order valence-electron chi connectivity index (χ4n) is 1.37. The lowest BCUT2D eigenvalue weighted by atomic mass is 10.1. The zero-order chi connectivity index (χ0) is 10.4. The molecule has 1 atom stereocenters. The van der Waals surface area contributed by atoms with Crippen LogP contribution in [0.2, 0.25) is 0 Å². The lowest BCUT2D eigenvalue weighted by Crippen LogP contribution is -2.08. The minimum Gasteiger partial charge on any atom is -0.490 e. The Balaban J connectivity index is 2.41. The van der Waals surface area contributed by atoms with Crippen molar-refractivity contribution in [3.63, 3.8) is 0 Å². The van der Waals surface area contributed by atoms with Crippen LogP contribution in [0.1, 0.15) is 26.7 Å². The normalized spacial score (nSPS) is 12.5. The Morgan fingerprint density at radius 2 is 2.07 bits per heavy atom. The van der Waals surface area contributed by atoms with Crippen LogP contribution in [-0.4, -0.2) is 6.61 Å². The average molecular weight is 196 g/mol. The van der Waals surface area contributed by atoms with Crippen molar-refractivity contribution >= 4 is 0 Å². The minimum atomic E-state index is -0.281. The van der Waals surface area contributed by atoms with E-state index in [0.29, 0.717) is 18.3 Å². The highest BCUT2D eigenvalue weighted by molar-refractivity contribution is 5.23. The van der Waals surface area contributed by atoms with E-state index in [4.69, 9.17) is 4.74 Å². The second-order valence-electron chi connectivity index (χ2n) is 3.64. The molecule has 0 bridgehead atoms. The Labute approximate surface area is 84.9 Å². The molecule has 1 aromatic carbocycles. The monoisotopic (exact) mass is 196 g/mol. The molecule has 78 valence electrons. The Hall–Kier alpha value is -1.05. The van der Waals surface area contributed by atoms with Crippen LogP contribution in [0, 0.1) is 11.7 Å². The van der Waals surface area contributed by atoms with Gasteiger partial charge in [-0.1, -0.05) is 32.4 Å². The van der Waals surface area contributed by atoms with Gasteiger partial charge in [-0.05, 0) is 24.5 Å². The summed E-state index contributed by atoms with van der Waals surface area (Å²) in [4.78, 5) is 0. The summed E-state index contributed by atoms with van der Waals surface area (Å²) in [6.07, 6.45) is 2.26. The van der Waals surface area contributed by atoms with Crippen LogP contribution in [0.5, 0.6) is 5.75 Å². The summed E-state index contributed by atoms with van der Waals surface area (Å²) < 4.78 is 18.5. The van der Waals surface area contributed by atoms with Crippen LogP contribution in [0.3, 0.4) is 0 Å². The number of ether oxygens (including phenoxy) is 1. The van der Waals surface area contributed by atoms with Crippen molar-refractivity contribution in [3.05, 3.63) is 30.1 Å². The smallest absolute Gasteiger partial charge is 0.165 e. The topological polar surface area (TPSA) is 9.23 Å². The molecule has 0 aromatic heterocycles. The Morgan fingerprint density at radius 1 is 1.36 bits per heavy atom. The molecule has 0 amide bonds. The lowest BCUT2D eigenvalue weighted by Gasteiger charge is -2.12. The van der Waals surface area contributed by atoms with Gasteiger partial charge >= 0.3 is 0 Å². The summed E-state index contributed by atoms with van der Waals surface area (Å²) in [5, 5.41) is 0. The van der Waals surface area contributed by atoms with E-state index in [0.717, 1.165) is 12.8 Å². The fraction of sp³-hybridized carbons (Fsp3) is 0.500. The van der Waals surface area contributed by atoms with Gasteiger partial charge in [0.25, 0.3) is 0 Å². The van der Waals surface area contributed by atoms with Crippen molar-refractivity contribution in [2.45, 2.75) is 26.7 Å². The molecule has 1 aromatic rings. The van der Waals surface area contributed by atoms with Gasteiger partial charge in [0.1, 0.15) is 0 Å². The Morgan fingerprint density at radius 3 is 2.71 bits per heavy atom. The zero-order valence-corrected chi connectivity index (χ0v) is 8.79. The third-order valence-electron chi connectivity index (χ3n) is 2.14. The van der Waals surface area contributed by atoms with Gasteiger partial charge in [-0.3, -0.25) is 0 Å². The molecule has 0 heterocycles. The first-order chi connectivity index (χ1) is 6.74. The largest absolute Gasteiger partial charge is 0.490 e. The molecule has 0 saturated heterocycles. The summed E-state index contributed by atoms with van der Waals surface area (Å²) in [7, 11) is 0. The number of rotatable bonds is 5.